The SMILES string of the molecule is CCO[Si](CCc1ccccc1)(OCC)OCC(CN)CCN. The quantitative estimate of drug-likeness (QED) is 0.538. The number of rotatable bonds is 13. The Balaban J connectivity index is 2.70. The molecule has 0 aliphatic rings. The molecule has 132 valence electrons. The molecule has 0 amide bonds. The molecule has 1 aromatic carbocycles. The molecule has 5 nitrogen and oxygen atoms in total. The van der Waals surface area contributed by atoms with Crippen LogP contribution < -0.4 is 11.5 Å². The van der Waals surface area contributed by atoms with Crippen LogP contribution in [0.1, 0.15) is 25.8 Å². The number of benzene rings is 1. The van der Waals surface area contributed by atoms with Crippen LogP contribution in [0.5, 0.6) is 0 Å². The number of nitrogens with two attached hydrogens (primary N) is 2. The van der Waals surface area contributed by atoms with Gasteiger partial charge in [-0.05, 0) is 51.3 Å². The van der Waals surface area contributed by atoms with E-state index in [1.165, 1.54) is 5.56 Å². The number of aryl methyl sites for hydroxylation is 1. The molecule has 23 heavy (non-hydrogen) atoms. The van der Waals surface area contributed by atoms with E-state index in [0.29, 0.717) is 32.9 Å². The van der Waals surface area contributed by atoms with Crippen molar-refractivity contribution >= 4 is 8.80 Å². The van der Waals surface area contributed by atoms with Gasteiger partial charge in [0, 0.05) is 25.9 Å². The topological polar surface area (TPSA) is 79.7 Å². The van der Waals surface area contributed by atoms with Gasteiger partial charge in [0.25, 0.3) is 0 Å². The number of hydrogen-bond acceptors (Lipinski definition) is 5. The second kappa shape index (κ2) is 11.7. The molecule has 0 radical (unpaired) electrons. The molecule has 0 bridgehead atoms. The zero-order valence-corrected chi connectivity index (χ0v) is 15.5. The molecule has 1 aromatic rings. The summed E-state index contributed by atoms with van der Waals surface area (Å²) in [6, 6.07) is 11.1. The fraction of sp³-hybridized carbons (Fsp3) is 0.647. The summed E-state index contributed by atoms with van der Waals surface area (Å²) in [6.07, 6.45) is 1.75. The molecule has 0 aliphatic heterocycles. The normalized spacial score (nSPS) is 13.2. The van der Waals surface area contributed by atoms with Crippen LogP contribution in [-0.4, -0.2) is 41.7 Å². The Morgan fingerprint density at radius 1 is 1.00 bits per heavy atom. The van der Waals surface area contributed by atoms with Crippen molar-refractivity contribution in [3.63, 3.8) is 0 Å². The maximum Gasteiger partial charge on any atom is 0.501 e. The van der Waals surface area contributed by atoms with Crippen LogP contribution in [0.15, 0.2) is 30.3 Å². The third-order valence-corrected chi connectivity index (χ3v) is 6.66. The van der Waals surface area contributed by atoms with Gasteiger partial charge in [-0.25, -0.2) is 0 Å². The lowest BCUT2D eigenvalue weighted by Gasteiger charge is -2.30. The second-order valence-electron chi connectivity index (χ2n) is 5.52. The van der Waals surface area contributed by atoms with Crippen molar-refractivity contribution in [2.75, 3.05) is 32.9 Å². The van der Waals surface area contributed by atoms with Gasteiger partial charge < -0.3 is 24.7 Å². The molecule has 0 aliphatic carbocycles. The Morgan fingerprint density at radius 3 is 2.17 bits per heavy atom. The van der Waals surface area contributed by atoms with Gasteiger partial charge in [-0.2, -0.15) is 0 Å². The van der Waals surface area contributed by atoms with Crippen molar-refractivity contribution in [3.8, 4) is 0 Å². The van der Waals surface area contributed by atoms with E-state index >= 15 is 0 Å². The molecular formula is C17H32N2O3Si. The summed E-state index contributed by atoms with van der Waals surface area (Å²) in [6.45, 7) is 6.87. The van der Waals surface area contributed by atoms with E-state index in [0.717, 1.165) is 18.9 Å². The molecule has 0 heterocycles. The number of hydrogen-bond donors (Lipinski definition) is 2. The average Bonchev–Trinajstić information content (AvgIpc) is 2.58. The minimum atomic E-state index is -2.68. The fourth-order valence-electron chi connectivity index (χ4n) is 2.47. The molecular weight excluding hydrogens is 308 g/mol. The van der Waals surface area contributed by atoms with Gasteiger partial charge in [-0.15, -0.1) is 0 Å². The van der Waals surface area contributed by atoms with E-state index in [9.17, 15) is 0 Å². The third-order valence-electron chi connectivity index (χ3n) is 3.74. The molecule has 0 spiro atoms. The van der Waals surface area contributed by atoms with Crippen LogP contribution in [0, 0.1) is 5.92 Å². The van der Waals surface area contributed by atoms with E-state index < -0.39 is 8.80 Å². The standard InChI is InChI=1S/C17H32N2O3Si/c1-3-20-23(21-4-2,22-15-17(14-19)10-12-18)13-11-16-8-6-5-7-9-16/h5-9,17H,3-4,10-15,18-19H2,1-2H3. The smallest absolute Gasteiger partial charge is 0.374 e. The first-order chi connectivity index (χ1) is 11.2. The van der Waals surface area contributed by atoms with Crippen LogP contribution in [0.3, 0.4) is 0 Å². The van der Waals surface area contributed by atoms with Crippen LogP contribution in [0.2, 0.25) is 6.04 Å². The first-order valence-corrected chi connectivity index (χ1v) is 10.5. The van der Waals surface area contributed by atoms with Crippen LogP contribution in [0.4, 0.5) is 0 Å². The second-order valence-corrected chi connectivity index (χ2v) is 8.26. The van der Waals surface area contributed by atoms with Crippen LogP contribution in [0.25, 0.3) is 0 Å². The zero-order valence-electron chi connectivity index (χ0n) is 14.5. The predicted octanol–water partition coefficient (Wildman–Crippen LogP) is 2.18. The Morgan fingerprint density at radius 2 is 1.65 bits per heavy atom. The lowest BCUT2D eigenvalue weighted by atomic mass is 10.1. The molecule has 6 heteroatoms. The van der Waals surface area contributed by atoms with E-state index in [4.69, 9.17) is 24.7 Å². The first-order valence-electron chi connectivity index (χ1n) is 8.55. The largest absolute Gasteiger partial charge is 0.501 e. The van der Waals surface area contributed by atoms with Gasteiger partial charge in [0.2, 0.25) is 0 Å². The summed E-state index contributed by atoms with van der Waals surface area (Å²) < 4.78 is 18.2. The maximum atomic E-state index is 6.20. The Kier molecular flexibility index (Phi) is 10.3. The van der Waals surface area contributed by atoms with E-state index in [1.807, 2.05) is 32.0 Å². The minimum Gasteiger partial charge on any atom is -0.374 e. The van der Waals surface area contributed by atoms with Gasteiger partial charge in [0.15, 0.2) is 0 Å². The highest BCUT2D eigenvalue weighted by Crippen LogP contribution is 2.20. The van der Waals surface area contributed by atoms with E-state index in [1.54, 1.807) is 0 Å². The fourth-order valence-corrected chi connectivity index (χ4v) is 5.12. The van der Waals surface area contributed by atoms with Gasteiger partial charge in [-0.3, -0.25) is 0 Å². The zero-order chi connectivity index (χ0) is 17.0. The average molecular weight is 341 g/mol. The third kappa shape index (κ3) is 7.56. The van der Waals surface area contributed by atoms with Crippen molar-refractivity contribution < 1.29 is 13.3 Å². The summed E-state index contributed by atoms with van der Waals surface area (Å²) in [5.74, 6) is 0.254. The van der Waals surface area contributed by atoms with Gasteiger partial charge in [0.1, 0.15) is 0 Å². The monoisotopic (exact) mass is 340 g/mol. The molecule has 1 unspecified atom stereocenters. The lowest BCUT2D eigenvalue weighted by molar-refractivity contribution is 0.0548. The first kappa shape index (κ1) is 20.3. The molecule has 4 N–H and O–H groups in total. The van der Waals surface area contributed by atoms with E-state index in [2.05, 4.69) is 12.1 Å². The summed E-state index contributed by atoms with van der Waals surface area (Å²) in [5, 5.41) is 0. The molecule has 0 saturated heterocycles. The molecule has 0 saturated carbocycles. The van der Waals surface area contributed by atoms with E-state index in [-0.39, 0.29) is 5.92 Å². The van der Waals surface area contributed by atoms with Gasteiger partial charge >= 0.3 is 8.80 Å². The summed E-state index contributed by atoms with van der Waals surface area (Å²) in [4.78, 5) is 0. The predicted molar refractivity (Wildman–Crippen MR) is 96.1 cm³/mol. The minimum absolute atomic E-state index is 0.254. The Hall–Kier alpha value is -0.763. The van der Waals surface area contributed by atoms with Crippen molar-refractivity contribution in [3.05, 3.63) is 35.9 Å². The maximum absolute atomic E-state index is 6.20. The van der Waals surface area contributed by atoms with Crippen molar-refractivity contribution in [2.45, 2.75) is 32.7 Å². The Bertz CT molecular complexity index is 400. The highest BCUT2D eigenvalue weighted by atomic mass is 28.4. The van der Waals surface area contributed by atoms with Crippen molar-refractivity contribution in [2.24, 2.45) is 17.4 Å². The summed E-state index contributed by atoms with van der Waals surface area (Å²) in [7, 11) is -2.68. The highest BCUT2D eigenvalue weighted by Gasteiger charge is 2.40. The van der Waals surface area contributed by atoms with Crippen molar-refractivity contribution in [1.82, 2.24) is 0 Å². The van der Waals surface area contributed by atoms with Crippen LogP contribution >= 0.6 is 0 Å². The van der Waals surface area contributed by atoms with Crippen molar-refractivity contribution in [1.29, 1.82) is 0 Å². The molecule has 0 aromatic heterocycles. The summed E-state index contributed by atoms with van der Waals surface area (Å²) in [5.41, 5.74) is 12.7. The van der Waals surface area contributed by atoms with Gasteiger partial charge in [-0.1, -0.05) is 30.3 Å². The van der Waals surface area contributed by atoms with Crippen LogP contribution in [-0.2, 0) is 19.7 Å². The molecule has 0 fully saturated rings. The lowest BCUT2D eigenvalue weighted by Crippen LogP contribution is -2.47. The highest BCUT2D eigenvalue weighted by molar-refractivity contribution is 6.60. The molecule has 1 rings (SSSR count). The van der Waals surface area contributed by atoms with Gasteiger partial charge in [0.05, 0.1) is 0 Å². The molecule has 1 atom stereocenters. The Labute approximate surface area is 141 Å². The summed E-state index contributed by atoms with van der Waals surface area (Å²) >= 11 is 0.